The van der Waals surface area contributed by atoms with Gasteiger partial charge in [0.2, 0.25) is 0 Å². The van der Waals surface area contributed by atoms with E-state index in [1.807, 2.05) is 0 Å². The molecule has 1 amide bonds. The Morgan fingerprint density at radius 2 is 2.16 bits per heavy atom. The number of benzene rings is 1. The first-order valence-corrected chi connectivity index (χ1v) is 5.79. The highest BCUT2D eigenvalue weighted by Gasteiger charge is 2.13. The summed E-state index contributed by atoms with van der Waals surface area (Å²) in [6, 6.07) is 9.25. The Balaban J connectivity index is 2.25. The van der Waals surface area contributed by atoms with Gasteiger partial charge in [-0.2, -0.15) is 0 Å². The van der Waals surface area contributed by atoms with Crippen molar-refractivity contribution in [2.75, 3.05) is 12.4 Å². The van der Waals surface area contributed by atoms with Crippen molar-refractivity contribution in [1.82, 2.24) is 4.98 Å². The molecule has 6 heteroatoms. The summed E-state index contributed by atoms with van der Waals surface area (Å²) in [4.78, 5) is 15.9. The average molecular weight is 279 g/mol. The van der Waals surface area contributed by atoms with Gasteiger partial charge in [-0.05, 0) is 30.3 Å². The van der Waals surface area contributed by atoms with Crippen molar-refractivity contribution < 1.29 is 14.6 Å². The molecule has 0 atom stereocenters. The molecule has 0 unspecified atom stereocenters. The smallest absolute Gasteiger partial charge is 0.260 e. The number of hydrogen-bond acceptors (Lipinski definition) is 4. The Bertz CT molecular complexity index is 617. The van der Waals surface area contributed by atoms with E-state index >= 15 is 0 Å². The fourth-order valence-electron chi connectivity index (χ4n) is 1.49. The minimum atomic E-state index is -0.494. The lowest BCUT2D eigenvalue weighted by Crippen LogP contribution is -2.13. The highest BCUT2D eigenvalue weighted by atomic mass is 35.5. The van der Waals surface area contributed by atoms with E-state index in [0.29, 0.717) is 11.6 Å². The third kappa shape index (κ3) is 3.14. The van der Waals surface area contributed by atoms with Gasteiger partial charge in [0.05, 0.1) is 12.7 Å². The molecule has 0 radical (unpaired) electrons. The molecule has 0 bridgehead atoms. The molecule has 2 rings (SSSR count). The summed E-state index contributed by atoms with van der Waals surface area (Å²) >= 11 is 5.72. The number of anilines is 1. The van der Waals surface area contributed by atoms with Crippen molar-refractivity contribution >= 4 is 23.3 Å². The molecular formula is C13H11ClN2O3. The largest absolute Gasteiger partial charge is 0.507 e. The zero-order valence-corrected chi connectivity index (χ0v) is 10.8. The molecule has 0 aliphatic heterocycles. The van der Waals surface area contributed by atoms with E-state index in [2.05, 4.69) is 10.3 Å². The Morgan fingerprint density at radius 3 is 2.84 bits per heavy atom. The van der Waals surface area contributed by atoms with E-state index < -0.39 is 5.91 Å². The van der Waals surface area contributed by atoms with Crippen LogP contribution in [0, 0.1) is 0 Å². The van der Waals surface area contributed by atoms with Crippen molar-refractivity contribution in [2.45, 2.75) is 0 Å². The zero-order chi connectivity index (χ0) is 13.8. The molecular weight excluding hydrogens is 268 g/mol. The molecule has 0 saturated carbocycles. The van der Waals surface area contributed by atoms with Crippen LogP contribution < -0.4 is 10.1 Å². The average Bonchev–Trinajstić information content (AvgIpc) is 2.39. The number of aromatic hydroxyl groups is 1. The van der Waals surface area contributed by atoms with Crippen LogP contribution in [0.5, 0.6) is 11.5 Å². The zero-order valence-electron chi connectivity index (χ0n) is 10.1. The number of methoxy groups -OCH3 is 1. The number of phenols is 1. The highest BCUT2D eigenvalue weighted by Crippen LogP contribution is 2.23. The van der Waals surface area contributed by atoms with Gasteiger partial charge in [-0.1, -0.05) is 17.7 Å². The lowest BCUT2D eigenvalue weighted by atomic mass is 10.1. The van der Waals surface area contributed by atoms with Crippen LogP contribution in [0.2, 0.25) is 5.15 Å². The molecule has 0 spiro atoms. The first-order valence-electron chi connectivity index (χ1n) is 5.41. The third-order valence-electron chi connectivity index (χ3n) is 2.41. The fraction of sp³-hybridized carbons (Fsp3) is 0.0769. The predicted octanol–water partition coefficient (Wildman–Crippen LogP) is 2.70. The van der Waals surface area contributed by atoms with Crippen molar-refractivity contribution in [3.8, 4) is 11.5 Å². The molecule has 98 valence electrons. The van der Waals surface area contributed by atoms with Gasteiger partial charge in [0, 0.05) is 0 Å². The predicted molar refractivity (Wildman–Crippen MR) is 71.9 cm³/mol. The van der Waals surface area contributed by atoms with Gasteiger partial charge < -0.3 is 15.2 Å². The number of nitrogens with one attached hydrogen (secondary N) is 1. The molecule has 0 aliphatic carbocycles. The van der Waals surface area contributed by atoms with Crippen LogP contribution in [0.15, 0.2) is 36.4 Å². The minimum absolute atomic E-state index is 0.0983. The first kappa shape index (κ1) is 13.2. The minimum Gasteiger partial charge on any atom is -0.507 e. The number of halogens is 1. The number of nitrogens with zero attached hydrogens (tertiary/aromatic N) is 1. The monoisotopic (exact) mass is 278 g/mol. The summed E-state index contributed by atoms with van der Waals surface area (Å²) < 4.78 is 5.00. The van der Waals surface area contributed by atoms with E-state index in [9.17, 15) is 9.90 Å². The van der Waals surface area contributed by atoms with E-state index in [1.165, 1.54) is 19.2 Å². The molecule has 19 heavy (non-hydrogen) atoms. The molecule has 0 fully saturated rings. The Labute approximate surface area is 114 Å². The van der Waals surface area contributed by atoms with Crippen molar-refractivity contribution in [2.24, 2.45) is 0 Å². The van der Waals surface area contributed by atoms with Crippen molar-refractivity contribution in [1.29, 1.82) is 0 Å². The van der Waals surface area contributed by atoms with E-state index in [4.69, 9.17) is 16.3 Å². The van der Waals surface area contributed by atoms with Crippen LogP contribution >= 0.6 is 11.6 Å². The number of ether oxygens (including phenoxy) is 1. The van der Waals surface area contributed by atoms with E-state index in [1.54, 1.807) is 24.3 Å². The molecule has 2 N–H and O–H groups in total. The van der Waals surface area contributed by atoms with Crippen LogP contribution in [0.4, 0.5) is 5.82 Å². The number of amides is 1. The quantitative estimate of drug-likeness (QED) is 0.847. The summed E-state index contributed by atoms with van der Waals surface area (Å²) in [6.45, 7) is 0. The van der Waals surface area contributed by atoms with Crippen LogP contribution in [0.1, 0.15) is 10.4 Å². The first-order chi connectivity index (χ1) is 9.10. The number of rotatable bonds is 3. The maximum absolute atomic E-state index is 12.0. The SMILES string of the molecule is COc1ccc(O)c(C(=O)Nc2cccc(Cl)n2)c1. The third-order valence-corrected chi connectivity index (χ3v) is 2.62. The second-order valence-electron chi connectivity index (χ2n) is 3.68. The highest BCUT2D eigenvalue weighted by molar-refractivity contribution is 6.29. The maximum Gasteiger partial charge on any atom is 0.260 e. The number of phenolic OH excluding ortho intramolecular Hbond substituents is 1. The molecule has 0 saturated heterocycles. The lowest BCUT2D eigenvalue weighted by Gasteiger charge is -2.08. The second-order valence-corrected chi connectivity index (χ2v) is 4.07. The van der Waals surface area contributed by atoms with Crippen LogP contribution in [-0.2, 0) is 0 Å². The van der Waals surface area contributed by atoms with Gasteiger partial charge in [0.25, 0.3) is 5.91 Å². The summed E-state index contributed by atoms with van der Waals surface area (Å²) in [5.74, 6) is 0.146. The van der Waals surface area contributed by atoms with Gasteiger partial charge in [0.15, 0.2) is 0 Å². The Hall–Kier alpha value is -2.27. The van der Waals surface area contributed by atoms with Gasteiger partial charge in [0.1, 0.15) is 22.5 Å². The second kappa shape index (κ2) is 5.58. The van der Waals surface area contributed by atoms with E-state index in [0.717, 1.165) is 0 Å². The van der Waals surface area contributed by atoms with Gasteiger partial charge in [-0.15, -0.1) is 0 Å². The van der Waals surface area contributed by atoms with Crippen LogP contribution in [-0.4, -0.2) is 23.1 Å². The summed E-state index contributed by atoms with van der Waals surface area (Å²) in [5.41, 5.74) is 0.0983. The number of carbonyl (C=O) groups is 1. The molecule has 1 heterocycles. The normalized spacial score (nSPS) is 10.0. The van der Waals surface area contributed by atoms with Crippen molar-refractivity contribution in [3.63, 3.8) is 0 Å². The van der Waals surface area contributed by atoms with Gasteiger partial charge >= 0.3 is 0 Å². The standard InChI is InChI=1S/C13H11ClN2O3/c1-19-8-5-6-10(17)9(7-8)13(18)16-12-4-2-3-11(14)15-12/h2-7,17H,1H3,(H,15,16,18). The summed E-state index contributed by atoms with van der Waals surface area (Å²) in [6.07, 6.45) is 0. The molecule has 1 aromatic heterocycles. The fourth-order valence-corrected chi connectivity index (χ4v) is 1.65. The topological polar surface area (TPSA) is 71.5 Å². The van der Waals surface area contributed by atoms with Crippen molar-refractivity contribution in [3.05, 3.63) is 47.1 Å². The summed E-state index contributed by atoms with van der Waals surface area (Å²) in [5, 5.41) is 12.5. The lowest BCUT2D eigenvalue weighted by molar-refractivity contribution is 0.102. The Kier molecular flexibility index (Phi) is 3.87. The van der Waals surface area contributed by atoms with Gasteiger partial charge in [-0.25, -0.2) is 4.98 Å². The van der Waals surface area contributed by atoms with E-state index in [-0.39, 0.29) is 16.5 Å². The number of pyridine rings is 1. The van der Waals surface area contributed by atoms with Gasteiger partial charge in [-0.3, -0.25) is 4.79 Å². The molecule has 2 aromatic rings. The molecule has 0 aliphatic rings. The van der Waals surface area contributed by atoms with Crippen LogP contribution in [0.25, 0.3) is 0 Å². The molecule has 1 aromatic carbocycles. The number of aromatic nitrogens is 1. The Morgan fingerprint density at radius 1 is 1.37 bits per heavy atom. The van der Waals surface area contributed by atoms with Crippen LogP contribution in [0.3, 0.4) is 0 Å². The molecule has 5 nitrogen and oxygen atoms in total. The number of carbonyl (C=O) groups excluding carboxylic acids is 1. The number of hydrogen-bond donors (Lipinski definition) is 2. The summed E-state index contributed by atoms with van der Waals surface area (Å²) in [7, 11) is 1.48. The maximum atomic E-state index is 12.0.